The van der Waals surface area contributed by atoms with Crippen LogP contribution in [0.2, 0.25) is 0 Å². The van der Waals surface area contributed by atoms with E-state index < -0.39 is 22.0 Å². The van der Waals surface area contributed by atoms with E-state index in [0.717, 1.165) is 6.26 Å². The lowest BCUT2D eigenvalue weighted by molar-refractivity contribution is -0.141. The third-order valence-corrected chi connectivity index (χ3v) is 5.06. The van der Waals surface area contributed by atoms with Gasteiger partial charge in [-0.25, -0.2) is 18.0 Å². The Morgan fingerprint density at radius 3 is 2.20 bits per heavy atom. The second kappa shape index (κ2) is 5.57. The van der Waals surface area contributed by atoms with Gasteiger partial charge < -0.3 is 14.9 Å². The summed E-state index contributed by atoms with van der Waals surface area (Å²) >= 11 is 0. The number of piperazine rings is 1. The molecule has 2 rings (SSSR count). The molecule has 20 heavy (non-hydrogen) atoms. The summed E-state index contributed by atoms with van der Waals surface area (Å²) < 4.78 is 24.1. The van der Waals surface area contributed by atoms with Crippen LogP contribution < -0.4 is 0 Å². The standard InChI is InChI=1S/C11H19N3O5S/c1-20(18,19)13-7-5-12(6-8-13)11(17)14-4-2-3-9(14)10(15)16/h9H,2-8H2,1H3,(H,15,16)/t9-/m1/s1. The molecule has 2 aliphatic heterocycles. The largest absolute Gasteiger partial charge is 0.480 e. The van der Waals surface area contributed by atoms with Gasteiger partial charge in [0.25, 0.3) is 0 Å². The molecule has 0 aromatic rings. The first-order valence-electron chi connectivity index (χ1n) is 6.54. The number of sulfonamides is 1. The summed E-state index contributed by atoms with van der Waals surface area (Å²) in [6, 6.07) is -1.06. The summed E-state index contributed by atoms with van der Waals surface area (Å²) in [6.07, 6.45) is 2.31. The van der Waals surface area contributed by atoms with Crippen LogP contribution in [0.5, 0.6) is 0 Å². The Morgan fingerprint density at radius 2 is 1.70 bits per heavy atom. The summed E-state index contributed by atoms with van der Waals surface area (Å²) in [5, 5.41) is 9.08. The Morgan fingerprint density at radius 1 is 1.10 bits per heavy atom. The molecule has 0 bridgehead atoms. The Labute approximate surface area is 118 Å². The molecule has 9 heteroatoms. The quantitative estimate of drug-likeness (QED) is 0.722. The number of carboxylic acid groups (broad SMARTS) is 1. The third kappa shape index (κ3) is 3.04. The second-order valence-corrected chi connectivity index (χ2v) is 7.10. The highest BCUT2D eigenvalue weighted by atomic mass is 32.2. The fraction of sp³-hybridized carbons (Fsp3) is 0.818. The molecule has 2 fully saturated rings. The highest BCUT2D eigenvalue weighted by Crippen LogP contribution is 2.20. The molecular formula is C11H19N3O5S. The molecule has 0 radical (unpaired) electrons. The maximum Gasteiger partial charge on any atom is 0.326 e. The lowest BCUT2D eigenvalue weighted by Crippen LogP contribution is -2.55. The van der Waals surface area contributed by atoms with Gasteiger partial charge in [-0.1, -0.05) is 0 Å². The SMILES string of the molecule is CS(=O)(=O)N1CCN(C(=O)N2CCC[C@@H]2C(=O)O)CC1. The van der Waals surface area contributed by atoms with Crippen LogP contribution in [0.15, 0.2) is 0 Å². The van der Waals surface area contributed by atoms with Crippen molar-refractivity contribution >= 4 is 22.0 Å². The first kappa shape index (κ1) is 15.0. The van der Waals surface area contributed by atoms with Gasteiger partial charge in [0, 0.05) is 32.7 Å². The van der Waals surface area contributed by atoms with E-state index >= 15 is 0 Å². The van der Waals surface area contributed by atoms with Crippen LogP contribution in [0.3, 0.4) is 0 Å². The Kier molecular flexibility index (Phi) is 4.19. The molecule has 8 nitrogen and oxygen atoms in total. The molecule has 1 N–H and O–H groups in total. The number of rotatable bonds is 2. The van der Waals surface area contributed by atoms with Gasteiger partial charge in [-0.3, -0.25) is 0 Å². The molecule has 1 atom stereocenters. The summed E-state index contributed by atoms with van der Waals surface area (Å²) in [7, 11) is -3.23. The Balaban J connectivity index is 1.97. The highest BCUT2D eigenvalue weighted by molar-refractivity contribution is 7.88. The number of likely N-dealkylation sites (tertiary alicyclic amines) is 1. The first-order valence-corrected chi connectivity index (χ1v) is 8.39. The van der Waals surface area contributed by atoms with E-state index in [4.69, 9.17) is 5.11 Å². The zero-order chi connectivity index (χ0) is 14.9. The molecule has 114 valence electrons. The summed E-state index contributed by atoms with van der Waals surface area (Å²) in [5.74, 6) is -0.981. The van der Waals surface area contributed by atoms with E-state index in [2.05, 4.69) is 0 Å². The van der Waals surface area contributed by atoms with Crippen molar-refractivity contribution < 1.29 is 23.1 Å². The number of hydrogen-bond acceptors (Lipinski definition) is 4. The zero-order valence-electron chi connectivity index (χ0n) is 11.4. The minimum atomic E-state index is -3.23. The van der Waals surface area contributed by atoms with E-state index in [0.29, 0.717) is 32.5 Å². The second-order valence-electron chi connectivity index (χ2n) is 5.12. The van der Waals surface area contributed by atoms with E-state index in [1.165, 1.54) is 14.1 Å². The van der Waals surface area contributed by atoms with Gasteiger partial charge in [0.05, 0.1) is 6.26 Å². The highest BCUT2D eigenvalue weighted by Gasteiger charge is 2.37. The molecule has 0 aliphatic carbocycles. The van der Waals surface area contributed by atoms with Gasteiger partial charge in [-0.2, -0.15) is 4.31 Å². The van der Waals surface area contributed by atoms with Crippen molar-refractivity contribution in [1.29, 1.82) is 0 Å². The molecule has 0 unspecified atom stereocenters. The first-order chi connectivity index (χ1) is 9.30. The molecule has 2 saturated heterocycles. The van der Waals surface area contributed by atoms with Crippen molar-refractivity contribution in [3.05, 3.63) is 0 Å². The van der Waals surface area contributed by atoms with Gasteiger partial charge in [-0.15, -0.1) is 0 Å². The van der Waals surface area contributed by atoms with Crippen LogP contribution in [0.4, 0.5) is 4.79 Å². The third-order valence-electron chi connectivity index (χ3n) is 3.76. The molecule has 0 saturated carbocycles. The zero-order valence-corrected chi connectivity index (χ0v) is 12.2. The van der Waals surface area contributed by atoms with Gasteiger partial charge in [-0.05, 0) is 12.8 Å². The number of carbonyl (C=O) groups is 2. The fourth-order valence-corrected chi connectivity index (χ4v) is 3.47. The van der Waals surface area contributed by atoms with E-state index in [9.17, 15) is 18.0 Å². The number of nitrogens with zero attached hydrogens (tertiary/aromatic N) is 3. The van der Waals surface area contributed by atoms with E-state index in [1.807, 2.05) is 0 Å². The van der Waals surface area contributed by atoms with Gasteiger partial charge in [0.15, 0.2) is 0 Å². The van der Waals surface area contributed by atoms with Crippen LogP contribution in [0.25, 0.3) is 0 Å². The lowest BCUT2D eigenvalue weighted by atomic mass is 10.2. The van der Waals surface area contributed by atoms with E-state index in [1.54, 1.807) is 0 Å². The van der Waals surface area contributed by atoms with Crippen molar-refractivity contribution in [2.24, 2.45) is 0 Å². The fourth-order valence-electron chi connectivity index (χ4n) is 2.65. The lowest BCUT2D eigenvalue weighted by Gasteiger charge is -2.36. The molecule has 0 aromatic heterocycles. The Hall–Kier alpha value is -1.35. The molecule has 2 amide bonds. The van der Waals surface area contributed by atoms with Crippen LogP contribution in [0, 0.1) is 0 Å². The van der Waals surface area contributed by atoms with Crippen molar-refractivity contribution in [2.75, 3.05) is 39.0 Å². The van der Waals surface area contributed by atoms with Crippen molar-refractivity contribution in [3.63, 3.8) is 0 Å². The summed E-state index contributed by atoms with van der Waals surface area (Å²) in [4.78, 5) is 26.3. The monoisotopic (exact) mass is 305 g/mol. The van der Waals surface area contributed by atoms with Crippen LogP contribution >= 0.6 is 0 Å². The minimum Gasteiger partial charge on any atom is -0.480 e. The van der Waals surface area contributed by atoms with Crippen LogP contribution in [0.1, 0.15) is 12.8 Å². The van der Waals surface area contributed by atoms with Crippen LogP contribution in [-0.2, 0) is 14.8 Å². The minimum absolute atomic E-state index is 0.260. The van der Waals surface area contributed by atoms with Gasteiger partial charge in [0.2, 0.25) is 10.0 Å². The maximum atomic E-state index is 12.3. The normalized spacial score (nSPS) is 24.9. The average Bonchev–Trinajstić information content (AvgIpc) is 2.86. The van der Waals surface area contributed by atoms with E-state index in [-0.39, 0.29) is 19.1 Å². The predicted octanol–water partition coefficient (Wildman–Crippen LogP) is -0.767. The summed E-state index contributed by atoms with van der Waals surface area (Å²) in [6.45, 7) is 1.57. The number of carboxylic acids is 1. The number of hydrogen-bond donors (Lipinski definition) is 1. The van der Waals surface area contributed by atoms with Gasteiger partial charge >= 0.3 is 12.0 Å². The smallest absolute Gasteiger partial charge is 0.326 e. The summed E-state index contributed by atoms with van der Waals surface area (Å²) in [5.41, 5.74) is 0. The predicted molar refractivity (Wildman–Crippen MR) is 70.7 cm³/mol. The maximum absolute atomic E-state index is 12.3. The number of amides is 2. The average molecular weight is 305 g/mol. The van der Waals surface area contributed by atoms with Crippen molar-refractivity contribution in [3.8, 4) is 0 Å². The van der Waals surface area contributed by atoms with Gasteiger partial charge in [0.1, 0.15) is 6.04 Å². The molecule has 2 heterocycles. The molecule has 2 aliphatic rings. The van der Waals surface area contributed by atoms with Crippen molar-refractivity contribution in [1.82, 2.24) is 14.1 Å². The molecule has 0 aromatic carbocycles. The topological polar surface area (TPSA) is 98.2 Å². The Bertz CT molecular complexity index is 498. The molecule has 0 spiro atoms. The number of aliphatic carboxylic acids is 1. The van der Waals surface area contributed by atoms with Crippen molar-refractivity contribution in [2.45, 2.75) is 18.9 Å². The number of carbonyl (C=O) groups excluding carboxylic acids is 1. The number of urea groups is 1. The molecular weight excluding hydrogens is 286 g/mol. The van der Waals surface area contributed by atoms with Crippen LogP contribution in [-0.4, -0.2) is 84.7 Å².